The van der Waals surface area contributed by atoms with Crippen LogP contribution in [0.1, 0.15) is 47.5 Å². The minimum absolute atomic E-state index is 0.122. The van der Waals surface area contributed by atoms with E-state index in [1.54, 1.807) is 30.6 Å². The molecule has 26 heavy (non-hydrogen) atoms. The van der Waals surface area contributed by atoms with Gasteiger partial charge in [-0.15, -0.1) is 0 Å². The zero-order valence-corrected chi connectivity index (χ0v) is 14.2. The number of hydrogen-bond donors (Lipinski definition) is 2. The van der Waals surface area contributed by atoms with Gasteiger partial charge in [-0.2, -0.15) is 4.98 Å². The van der Waals surface area contributed by atoms with Crippen LogP contribution in [0.3, 0.4) is 0 Å². The van der Waals surface area contributed by atoms with Crippen LogP contribution in [0.4, 0.5) is 6.01 Å². The quantitative estimate of drug-likeness (QED) is 0.684. The Morgan fingerprint density at radius 1 is 1.12 bits per heavy atom. The first-order chi connectivity index (χ1) is 12.8. The van der Waals surface area contributed by atoms with Crippen molar-refractivity contribution in [1.29, 1.82) is 0 Å². The molecule has 1 fully saturated rings. The molecule has 0 saturated heterocycles. The highest BCUT2D eigenvalue weighted by Crippen LogP contribution is 2.34. The van der Waals surface area contributed by atoms with E-state index in [4.69, 9.17) is 4.52 Å². The van der Waals surface area contributed by atoms with E-state index in [1.165, 1.54) is 31.2 Å². The maximum Gasteiger partial charge on any atom is 0.340 e. The Morgan fingerprint density at radius 3 is 2.73 bits per heavy atom. The van der Waals surface area contributed by atoms with Gasteiger partial charge < -0.3 is 4.52 Å². The van der Waals surface area contributed by atoms with Gasteiger partial charge in [0.15, 0.2) is 0 Å². The highest BCUT2D eigenvalue weighted by Gasteiger charge is 2.18. The zero-order valence-electron chi connectivity index (χ0n) is 14.2. The molecule has 1 amide bonds. The predicted octanol–water partition coefficient (Wildman–Crippen LogP) is 3.55. The van der Waals surface area contributed by atoms with Gasteiger partial charge in [0.2, 0.25) is 5.82 Å². The van der Waals surface area contributed by atoms with Crippen molar-refractivity contribution in [2.45, 2.75) is 31.6 Å². The van der Waals surface area contributed by atoms with Crippen molar-refractivity contribution in [3.8, 4) is 11.4 Å². The fourth-order valence-electron chi connectivity index (χ4n) is 3.27. The monoisotopic (exact) mass is 349 g/mol. The maximum atomic E-state index is 12.4. The summed E-state index contributed by atoms with van der Waals surface area (Å²) in [7, 11) is 0. The van der Waals surface area contributed by atoms with Gasteiger partial charge in [0.05, 0.1) is 0 Å². The molecule has 1 aliphatic rings. The Labute approximate surface area is 150 Å². The molecule has 2 N–H and O–H groups in total. The Hall–Kier alpha value is -3.22. The molecule has 1 aromatic carbocycles. The lowest BCUT2D eigenvalue weighted by Gasteiger charge is -2.11. The van der Waals surface area contributed by atoms with E-state index in [-0.39, 0.29) is 11.9 Å². The van der Waals surface area contributed by atoms with E-state index < -0.39 is 0 Å². The summed E-state index contributed by atoms with van der Waals surface area (Å²) in [5, 5.41) is 3.88. The van der Waals surface area contributed by atoms with Gasteiger partial charge in [0.1, 0.15) is 0 Å². The second-order valence-corrected chi connectivity index (χ2v) is 6.34. The second kappa shape index (κ2) is 7.35. The number of aromatic nitrogens is 3. The molecular formula is C19H19N5O2. The Balaban J connectivity index is 1.40. The Kier molecular flexibility index (Phi) is 4.59. The lowest BCUT2D eigenvalue weighted by molar-refractivity contribution is 0.0961. The van der Waals surface area contributed by atoms with Crippen LogP contribution in [0, 0.1) is 0 Å². The standard InChI is InChI=1S/C19H19N5O2/c25-18(16-7-3-6-15(12-16)13-4-1-2-5-13)22-23-19-21-17(24-26-19)14-8-10-20-11-9-14/h3,6-13H,1-2,4-5H2,(H,22,25)(H,21,23,24). The van der Waals surface area contributed by atoms with Crippen LogP contribution in [0.2, 0.25) is 0 Å². The predicted molar refractivity (Wildman–Crippen MR) is 96.3 cm³/mol. The van der Waals surface area contributed by atoms with E-state index in [9.17, 15) is 4.79 Å². The molecule has 0 atom stereocenters. The van der Waals surface area contributed by atoms with Gasteiger partial charge >= 0.3 is 6.01 Å². The third kappa shape index (κ3) is 3.56. The zero-order chi connectivity index (χ0) is 17.8. The summed E-state index contributed by atoms with van der Waals surface area (Å²) >= 11 is 0. The van der Waals surface area contributed by atoms with Gasteiger partial charge in [-0.1, -0.05) is 30.1 Å². The molecular weight excluding hydrogens is 330 g/mol. The number of hydrogen-bond acceptors (Lipinski definition) is 6. The largest absolute Gasteiger partial charge is 0.340 e. The van der Waals surface area contributed by atoms with Gasteiger partial charge in [0.25, 0.3) is 5.91 Å². The normalized spacial score (nSPS) is 14.3. The number of carbonyl (C=O) groups excluding carboxylic acids is 1. The minimum atomic E-state index is -0.242. The molecule has 0 bridgehead atoms. The van der Waals surface area contributed by atoms with Crippen molar-refractivity contribution < 1.29 is 9.32 Å². The molecule has 2 aromatic heterocycles. The Bertz CT molecular complexity index is 888. The summed E-state index contributed by atoms with van der Waals surface area (Å²) in [5.74, 6) is 0.746. The molecule has 1 saturated carbocycles. The number of benzene rings is 1. The number of carbonyl (C=O) groups is 1. The number of amides is 1. The van der Waals surface area contributed by atoms with Crippen LogP contribution in [0.15, 0.2) is 53.3 Å². The molecule has 0 aliphatic heterocycles. The van der Waals surface area contributed by atoms with Crippen molar-refractivity contribution in [2.75, 3.05) is 5.43 Å². The topological polar surface area (TPSA) is 92.9 Å². The van der Waals surface area contributed by atoms with E-state index in [0.29, 0.717) is 17.3 Å². The molecule has 4 rings (SSSR count). The van der Waals surface area contributed by atoms with Crippen molar-refractivity contribution >= 4 is 11.9 Å². The fraction of sp³-hybridized carbons (Fsp3) is 0.263. The number of nitrogens with one attached hydrogen (secondary N) is 2. The molecule has 0 unspecified atom stereocenters. The van der Waals surface area contributed by atoms with Crippen LogP contribution >= 0.6 is 0 Å². The van der Waals surface area contributed by atoms with Crippen LogP contribution < -0.4 is 10.9 Å². The van der Waals surface area contributed by atoms with E-state index >= 15 is 0 Å². The van der Waals surface area contributed by atoms with Crippen molar-refractivity contribution in [1.82, 2.24) is 20.6 Å². The van der Waals surface area contributed by atoms with Crippen molar-refractivity contribution in [2.24, 2.45) is 0 Å². The van der Waals surface area contributed by atoms with Gasteiger partial charge in [-0.25, -0.2) is 5.43 Å². The number of pyridine rings is 1. The van der Waals surface area contributed by atoms with Crippen LogP contribution in [0.25, 0.3) is 11.4 Å². The first-order valence-electron chi connectivity index (χ1n) is 8.70. The molecule has 0 radical (unpaired) electrons. The summed E-state index contributed by atoms with van der Waals surface area (Å²) in [5.41, 5.74) is 7.89. The number of hydrazine groups is 1. The summed E-state index contributed by atoms with van der Waals surface area (Å²) in [4.78, 5) is 20.5. The second-order valence-electron chi connectivity index (χ2n) is 6.34. The molecule has 132 valence electrons. The lowest BCUT2D eigenvalue weighted by Crippen LogP contribution is -2.29. The van der Waals surface area contributed by atoms with E-state index in [2.05, 4.69) is 32.0 Å². The molecule has 3 aromatic rings. The molecule has 7 nitrogen and oxygen atoms in total. The molecule has 2 heterocycles. The summed E-state index contributed by atoms with van der Waals surface area (Å²) < 4.78 is 5.10. The third-order valence-corrected chi connectivity index (χ3v) is 4.62. The summed E-state index contributed by atoms with van der Waals surface area (Å²) in [6, 6.07) is 11.5. The van der Waals surface area contributed by atoms with E-state index in [1.807, 2.05) is 12.1 Å². The highest BCUT2D eigenvalue weighted by atomic mass is 16.5. The summed E-state index contributed by atoms with van der Waals surface area (Å²) in [6.45, 7) is 0. The van der Waals surface area contributed by atoms with Gasteiger partial charge in [-0.05, 0) is 48.6 Å². The van der Waals surface area contributed by atoms with Crippen molar-refractivity contribution in [3.63, 3.8) is 0 Å². The van der Waals surface area contributed by atoms with Gasteiger partial charge in [0, 0.05) is 23.5 Å². The lowest BCUT2D eigenvalue weighted by atomic mass is 9.96. The summed E-state index contributed by atoms with van der Waals surface area (Å²) in [6.07, 6.45) is 8.22. The SMILES string of the molecule is O=C(NNc1nc(-c2ccncc2)no1)c1cccc(C2CCCC2)c1. The number of anilines is 1. The van der Waals surface area contributed by atoms with Gasteiger partial charge in [-0.3, -0.25) is 15.2 Å². The first-order valence-corrected chi connectivity index (χ1v) is 8.70. The number of nitrogens with zero attached hydrogens (tertiary/aromatic N) is 3. The number of rotatable bonds is 5. The average Bonchev–Trinajstić information content (AvgIpc) is 3.39. The smallest absolute Gasteiger partial charge is 0.313 e. The molecule has 7 heteroatoms. The van der Waals surface area contributed by atoms with Crippen LogP contribution in [-0.4, -0.2) is 21.0 Å². The molecule has 0 spiro atoms. The van der Waals surface area contributed by atoms with Crippen molar-refractivity contribution in [3.05, 3.63) is 59.9 Å². The third-order valence-electron chi connectivity index (χ3n) is 4.62. The maximum absolute atomic E-state index is 12.4. The fourth-order valence-corrected chi connectivity index (χ4v) is 3.27. The van der Waals surface area contributed by atoms with Crippen LogP contribution in [0.5, 0.6) is 0 Å². The Morgan fingerprint density at radius 2 is 1.92 bits per heavy atom. The van der Waals surface area contributed by atoms with Crippen LogP contribution in [-0.2, 0) is 0 Å². The first kappa shape index (κ1) is 16.3. The molecule has 1 aliphatic carbocycles. The highest BCUT2D eigenvalue weighted by molar-refractivity contribution is 5.94. The minimum Gasteiger partial charge on any atom is -0.313 e. The average molecular weight is 349 g/mol. The van der Waals surface area contributed by atoms with E-state index in [0.717, 1.165) is 5.56 Å².